The smallest absolute Gasteiger partial charge is 0.127 e. The number of hydrogen-bond acceptors (Lipinski definition) is 2. The highest BCUT2D eigenvalue weighted by molar-refractivity contribution is 9.10. The summed E-state index contributed by atoms with van der Waals surface area (Å²) in [6, 6.07) is 4.33. The lowest BCUT2D eigenvalue weighted by molar-refractivity contribution is 0.0989. The summed E-state index contributed by atoms with van der Waals surface area (Å²) in [5, 5.41) is 3.41. The summed E-state index contributed by atoms with van der Waals surface area (Å²) in [6.45, 7) is 10.8. The first-order chi connectivity index (χ1) is 10.0. The Labute approximate surface area is 137 Å². The zero-order valence-corrected chi connectivity index (χ0v) is 15.3. The van der Waals surface area contributed by atoms with Crippen molar-refractivity contribution in [2.24, 2.45) is 11.8 Å². The average Bonchev–Trinajstić information content (AvgIpc) is 2.43. The third-order valence-electron chi connectivity index (χ3n) is 4.72. The number of ether oxygens (including phenoxy) is 1. The number of hydrogen-bond donors (Lipinski definition) is 1. The number of rotatable bonds is 5. The van der Waals surface area contributed by atoms with Gasteiger partial charge in [-0.15, -0.1) is 0 Å². The van der Waals surface area contributed by atoms with Crippen LogP contribution in [0.5, 0.6) is 5.75 Å². The van der Waals surface area contributed by atoms with Crippen molar-refractivity contribution in [2.75, 3.05) is 6.54 Å². The summed E-state index contributed by atoms with van der Waals surface area (Å²) in [5.41, 5.74) is 2.48. The zero-order chi connectivity index (χ0) is 15.4. The maximum Gasteiger partial charge on any atom is 0.127 e. The first-order valence-corrected chi connectivity index (χ1v) is 8.97. The van der Waals surface area contributed by atoms with E-state index in [2.05, 4.69) is 61.1 Å². The normalized spacial score (nSPS) is 25.9. The molecule has 3 unspecified atom stereocenters. The molecular weight excluding hydrogens is 326 g/mol. The molecule has 0 radical (unpaired) electrons. The minimum absolute atomic E-state index is 0.372. The van der Waals surface area contributed by atoms with E-state index in [4.69, 9.17) is 4.74 Å². The molecular formula is C18H28BrNO. The summed E-state index contributed by atoms with van der Waals surface area (Å²) in [7, 11) is 0. The van der Waals surface area contributed by atoms with E-state index in [0.717, 1.165) is 35.1 Å². The highest BCUT2D eigenvalue weighted by Gasteiger charge is 2.26. The van der Waals surface area contributed by atoms with Gasteiger partial charge in [0.05, 0.1) is 6.10 Å². The molecule has 2 nitrogen and oxygen atoms in total. The van der Waals surface area contributed by atoms with E-state index in [1.807, 2.05) is 0 Å². The molecule has 1 fully saturated rings. The molecule has 1 saturated carbocycles. The molecule has 0 aliphatic heterocycles. The second kappa shape index (κ2) is 7.64. The van der Waals surface area contributed by atoms with Crippen LogP contribution < -0.4 is 10.1 Å². The number of benzene rings is 1. The molecule has 1 N–H and O–H groups in total. The molecule has 0 heterocycles. The predicted octanol–water partition coefficient (Wildman–Crippen LogP) is 5.07. The Kier molecular flexibility index (Phi) is 6.12. The lowest BCUT2D eigenvalue weighted by Gasteiger charge is -2.33. The van der Waals surface area contributed by atoms with Crippen molar-refractivity contribution in [3.05, 3.63) is 27.7 Å². The molecule has 0 aromatic heterocycles. The van der Waals surface area contributed by atoms with Gasteiger partial charge in [-0.1, -0.05) is 36.7 Å². The van der Waals surface area contributed by atoms with Crippen LogP contribution in [0.4, 0.5) is 0 Å². The van der Waals surface area contributed by atoms with E-state index in [9.17, 15) is 0 Å². The van der Waals surface area contributed by atoms with E-state index >= 15 is 0 Å². The van der Waals surface area contributed by atoms with Gasteiger partial charge in [-0.25, -0.2) is 0 Å². The summed E-state index contributed by atoms with van der Waals surface area (Å²) in [4.78, 5) is 0. The van der Waals surface area contributed by atoms with Crippen LogP contribution in [0, 0.1) is 18.8 Å². The van der Waals surface area contributed by atoms with Gasteiger partial charge >= 0.3 is 0 Å². The van der Waals surface area contributed by atoms with E-state index in [1.54, 1.807) is 0 Å². The average molecular weight is 354 g/mol. The molecule has 3 atom stereocenters. The number of nitrogens with one attached hydrogen (secondary N) is 1. The van der Waals surface area contributed by atoms with Gasteiger partial charge in [-0.2, -0.15) is 0 Å². The quantitative estimate of drug-likeness (QED) is 0.797. The lowest BCUT2D eigenvalue weighted by Crippen LogP contribution is -2.29. The number of aryl methyl sites for hydroxylation is 1. The first kappa shape index (κ1) is 16.8. The van der Waals surface area contributed by atoms with E-state index in [0.29, 0.717) is 6.10 Å². The molecule has 3 heteroatoms. The molecule has 118 valence electrons. The molecule has 1 aromatic rings. The van der Waals surface area contributed by atoms with E-state index in [1.165, 1.54) is 30.4 Å². The third kappa shape index (κ3) is 4.46. The SMILES string of the molecule is CCNCc1cc(Br)cc(C)c1OC1CCC(C)C(C)C1. The molecule has 0 spiro atoms. The Bertz CT molecular complexity index is 475. The van der Waals surface area contributed by atoms with Crippen LogP contribution in [0.3, 0.4) is 0 Å². The highest BCUT2D eigenvalue weighted by Crippen LogP contribution is 2.35. The van der Waals surface area contributed by atoms with Crippen molar-refractivity contribution in [2.45, 2.75) is 59.6 Å². The Morgan fingerprint density at radius 1 is 1.24 bits per heavy atom. The summed E-state index contributed by atoms with van der Waals surface area (Å²) in [5.74, 6) is 2.68. The molecule has 2 rings (SSSR count). The predicted molar refractivity (Wildman–Crippen MR) is 92.9 cm³/mol. The lowest BCUT2D eigenvalue weighted by atomic mass is 9.80. The summed E-state index contributed by atoms with van der Waals surface area (Å²) < 4.78 is 7.56. The van der Waals surface area contributed by atoms with Crippen LogP contribution >= 0.6 is 15.9 Å². The van der Waals surface area contributed by atoms with E-state index in [-0.39, 0.29) is 0 Å². The Hall–Kier alpha value is -0.540. The molecule has 1 aliphatic carbocycles. The fourth-order valence-electron chi connectivity index (χ4n) is 3.13. The summed E-state index contributed by atoms with van der Waals surface area (Å²) >= 11 is 3.60. The standard InChI is InChI=1S/C18H28BrNO/c1-5-20-11-15-10-16(19)8-14(4)18(15)21-17-7-6-12(2)13(3)9-17/h8,10,12-13,17,20H,5-7,9,11H2,1-4H3. The van der Waals surface area contributed by atoms with Crippen LogP contribution in [0.1, 0.15) is 51.2 Å². The minimum atomic E-state index is 0.372. The van der Waals surface area contributed by atoms with Crippen LogP contribution in [0.25, 0.3) is 0 Å². The molecule has 0 amide bonds. The van der Waals surface area contributed by atoms with Crippen molar-refractivity contribution in [3.63, 3.8) is 0 Å². The first-order valence-electron chi connectivity index (χ1n) is 8.17. The van der Waals surface area contributed by atoms with Crippen LogP contribution in [-0.4, -0.2) is 12.6 Å². The van der Waals surface area contributed by atoms with Gasteiger partial charge < -0.3 is 10.1 Å². The Morgan fingerprint density at radius 3 is 2.67 bits per heavy atom. The van der Waals surface area contributed by atoms with Crippen molar-refractivity contribution >= 4 is 15.9 Å². The fraction of sp³-hybridized carbons (Fsp3) is 0.667. The third-order valence-corrected chi connectivity index (χ3v) is 5.17. The molecule has 21 heavy (non-hydrogen) atoms. The van der Waals surface area contributed by atoms with Crippen molar-refractivity contribution in [3.8, 4) is 5.75 Å². The van der Waals surface area contributed by atoms with Gasteiger partial charge in [0.15, 0.2) is 0 Å². The number of halogens is 1. The maximum atomic E-state index is 6.43. The van der Waals surface area contributed by atoms with Crippen LogP contribution in [0.15, 0.2) is 16.6 Å². The molecule has 1 aromatic carbocycles. The topological polar surface area (TPSA) is 21.3 Å². The van der Waals surface area contributed by atoms with Gasteiger partial charge in [-0.05, 0) is 62.3 Å². The zero-order valence-electron chi connectivity index (χ0n) is 13.7. The van der Waals surface area contributed by atoms with Crippen molar-refractivity contribution in [1.82, 2.24) is 5.32 Å². The second-order valence-electron chi connectivity index (χ2n) is 6.50. The molecule has 0 bridgehead atoms. The maximum absolute atomic E-state index is 6.43. The van der Waals surface area contributed by atoms with Crippen LogP contribution in [0.2, 0.25) is 0 Å². The van der Waals surface area contributed by atoms with Gasteiger partial charge in [0.1, 0.15) is 5.75 Å². The monoisotopic (exact) mass is 353 g/mol. The van der Waals surface area contributed by atoms with Gasteiger partial charge in [0, 0.05) is 16.6 Å². The minimum Gasteiger partial charge on any atom is -0.490 e. The fourth-order valence-corrected chi connectivity index (χ4v) is 3.75. The van der Waals surface area contributed by atoms with Crippen LogP contribution in [-0.2, 0) is 6.54 Å². The van der Waals surface area contributed by atoms with Gasteiger partial charge in [-0.3, -0.25) is 0 Å². The second-order valence-corrected chi connectivity index (χ2v) is 7.41. The van der Waals surface area contributed by atoms with E-state index < -0.39 is 0 Å². The van der Waals surface area contributed by atoms with Gasteiger partial charge in [0.25, 0.3) is 0 Å². The molecule has 0 saturated heterocycles. The largest absolute Gasteiger partial charge is 0.490 e. The Morgan fingerprint density at radius 2 is 2.00 bits per heavy atom. The molecule has 1 aliphatic rings. The summed E-state index contributed by atoms with van der Waals surface area (Å²) in [6.07, 6.45) is 4.01. The van der Waals surface area contributed by atoms with Crippen molar-refractivity contribution < 1.29 is 4.74 Å². The van der Waals surface area contributed by atoms with Crippen molar-refractivity contribution in [1.29, 1.82) is 0 Å². The Balaban J connectivity index is 2.14. The van der Waals surface area contributed by atoms with Gasteiger partial charge in [0.2, 0.25) is 0 Å². The highest BCUT2D eigenvalue weighted by atomic mass is 79.9.